The minimum absolute atomic E-state index is 0.202. The molecule has 22 heavy (non-hydrogen) atoms. The molecule has 116 valence electrons. The third-order valence-electron chi connectivity index (χ3n) is 2.78. The number of carbonyl (C=O) groups excluding carboxylic acids is 2. The molecule has 1 aromatic carbocycles. The third kappa shape index (κ3) is 4.78. The minimum Gasteiger partial charge on any atom is -0.497 e. The van der Waals surface area contributed by atoms with Crippen LogP contribution in [0.5, 0.6) is 5.75 Å². The van der Waals surface area contributed by atoms with Crippen LogP contribution in [0.2, 0.25) is 0 Å². The Hall–Kier alpha value is -2.54. The summed E-state index contributed by atoms with van der Waals surface area (Å²) in [5.41, 5.74) is 5.47. The molecule has 0 saturated carbocycles. The minimum atomic E-state index is -0.701. The van der Waals surface area contributed by atoms with Gasteiger partial charge in [0, 0.05) is 6.42 Å². The average molecular weight is 320 g/mol. The van der Waals surface area contributed by atoms with Crippen LogP contribution in [0.4, 0.5) is 4.79 Å². The Morgan fingerprint density at radius 3 is 2.77 bits per heavy atom. The van der Waals surface area contributed by atoms with Gasteiger partial charge < -0.3 is 9.47 Å². The van der Waals surface area contributed by atoms with Crippen molar-refractivity contribution < 1.29 is 19.1 Å². The lowest BCUT2D eigenvalue weighted by atomic mass is 10.1. The molecule has 0 radical (unpaired) electrons. The summed E-state index contributed by atoms with van der Waals surface area (Å²) < 4.78 is 10.1. The first-order valence-electron chi connectivity index (χ1n) is 6.58. The molecule has 2 aromatic rings. The number of carbonyl (C=O) groups is 2. The topological polar surface area (TPSA) is 76.7 Å². The van der Waals surface area contributed by atoms with Gasteiger partial charge in [-0.3, -0.25) is 10.2 Å². The van der Waals surface area contributed by atoms with Crippen LogP contribution in [0.25, 0.3) is 0 Å². The highest BCUT2D eigenvalue weighted by Crippen LogP contribution is 2.12. The predicted octanol–water partition coefficient (Wildman–Crippen LogP) is 2.37. The number of nitrogens with one attached hydrogen (secondary N) is 2. The van der Waals surface area contributed by atoms with Gasteiger partial charge >= 0.3 is 6.09 Å². The van der Waals surface area contributed by atoms with Crippen LogP contribution < -0.4 is 15.6 Å². The number of benzene rings is 1. The van der Waals surface area contributed by atoms with E-state index in [4.69, 9.17) is 9.47 Å². The average Bonchev–Trinajstić information content (AvgIpc) is 3.07. The van der Waals surface area contributed by atoms with E-state index in [1.54, 1.807) is 24.6 Å². The van der Waals surface area contributed by atoms with Crippen LogP contribution >= 0.6 is 11.3 Å². The fourth-order valence-corrected chi connectivity index (χ4v) is 2.32. The van der Waals surface area contributed by atoms with Crippen molar-refractivity contribution in [1.29, 1.82) is 0 Å². The van der Waals surface area contributed by atoms with E-state index in [0.29, 0.717) is 11.3 Å². The molecule has 0 unspecified atom stereocenters. The molecule has 1 heterocycles. The fraction of sp³-hybridized carbons (Fsp3) is 0.200. The van der Waals surface area contributed by atoms with Gasteiger partial charge in [-0.2, -0.15) is 0 Å². The van der Waals surface area contributed by atoms with E-state index < -0.39 is 6.09 Å². The first-order valence-corrected chi connectivity index (χ1v) is 7.46. The lowest BCUT2D eigenvalue weighted by molar-refractivity contribution is 0.0914. The summed E-state index contributed by atoms with van der Waals surface area (Å²) in [7, 11) is 1.60. The molecule has 0 bridgehead atoms. The van der Waals surface area contributed by atoms with Crippen LogP contribution in [0.3, 0.4) is 0 Å². The standard InChI is InChI=1S/C15H16N2O4S/c1-20-12-5-2-4-11(10-12)7-8-21-15(19)17-16-14(18)13-6-3-9-22-13/h2-6,9-10H,7-8H2,1H3,(H,16,18)(H,17,19). The second-order valence-corrected chi connectivity index (χ2v) is 5.24. The van der Waals surface area contributed by atoms with E-state index in [9.17, 15) is 9.59 Å². The van der Waals surface area contributed by atoms with Gasteiger partial charge in [0.2, 0.25) is 0 Å². The Morgan fingerprint density at radius 1 is 1.18 bits per heavy atom. The van der Waals surface area contributed by atoms with Gasteiger partial charge in [-0.15, -0.1) is 11.3 Å². The summed E-state index contributed by atoms with van der Waals surface area (Å²) in [5, 5.41) is 1.78. The smallest absolute Gasteiger partial charge is 0.426 e. The number of thiophene rings is 1. The van der Waals surface area contributed by atoms with E-state index in [0.717, 1.165) is 11.3 Å². The zero-order valence-electron chi connectivity index (χ0n) is 12.0. The molecule has 7 heteroatoms. The lowest BCUT2D eigenvalue weighted by Gasteiger charge is -2.08. The van der Waals surface area contributed by atoms with Gasteiger partial charge in [-0.25, -0.2) is 10.2 Å². The fourth-order valence-electron chi connectivity index (χ4n) is 1.70. The lowest BCUT2D eigenvalue weighted by Crippen LogP contribution is -2.41. The Morgan fingerprint density at radius 2 is 2.05 bits per heavy atom. The van der Waals surface area contributed by atoms with E-state index in [1.807, 2.05) is 24.3 Å². The van der Waals surface area contributed by atoms with E-state index in [1.165, 1.54) is 11.3 Å². The quantitative estimate of drug-likeness (QED) is 0.829. The highest BCUT2D eigenvalue weighted by molar-refractivity contribution is 7.12. The van der Waals surface area contributed by atoms with Gasteiger partial charge in [0.05, 0.1) is 18.6 Å². The van der Waals surface area contributed by atoms with Gasteiger partial charge in [0.15, 0.2) is 0 Å². The molecule has 0 aliphatic heterocycles. The summed E-state index contributed by atoms with van der Waals surface area (Å²) in [6, 6.07) is 10.9. The Labute approximate surface area is 132 Å². The molecule has 0 spiro atoms. The highest BCUT2D eigenvalue weighted by Gasteiger charge is 2.08. The maximum atomic E-state index is 11.6. The summed E-state index contributed by atoms with van der Waals surface area (Å²) in [5.74, 6) is 0.380. The predicted molar refractivity (Wildman–Crippen MR) is 83.0 cm³/mol. The van der Waals surface area contributed by atoms with Crippen LogP contribution in [-0.4, -0.2) is 25.7 Å². The van der Waals surface area contributed by atoms with Gasteiger partial charge in [0.1, 0.15) is 5.75 Å². The third-order valence-corrected chi connectivity index (χ3v) is 3.65. The van der Waals surface area contributed by atoms with Gasteiger partial charge in [-0.1, -0.05) is 18.2 Å². The molecule has 1 aromatic heterocycles. The molecular weight excluding hydrogens is 304 g/mol. The van der Waals surface area contributed by atoms with E-state index >= 15 is 0 Å². The Kier molecular flexibility index (Phi) is 5.79. The van der Waals surface area contributed by atoms with Crippen molar-refractivity contribution in [3.63, 3.8) is 0 Å². The maximum Gasteiger partial charge on any atom is 0.426 e. The highest BCUT2D eigenvalue weighted by atomic mass is 32.1. The zero-order chi connectivity index (χ0) is 15.8. The van der Waals surface area contributed by atoms with Crippen molar-refractivity contribution in [2.45, 2.75) is 6.42 Å². The normalized spacial score (nSPS) is 9.86. The molecule has 0 aliphatic carbocycles. The summed E-state index contributed by atoms with van der Waals surface area (Å²) in [6.45, 7) is 0.202. The summed E-state index contributed by atoms with van der Waals surface area (Å²) in [4.78, 5) is 23.6. The number of hydrogen-bond acceptors (Lipinski definition) is 5. The first kappa shape index (κ1) is 15.8. The molecule has 0 atom stereocenters. The second-order valence-electron chi connectivity index (χ2n) is 4.29. The molecule has 0 fully saturated rings. The van der Waals surface area contributed by atoms with Crippen LogP contribution in [0.15, 0.2) is 41.8 Å². The van der Waals surface area contributed by atoms with Crippen LogP contribution in [0, 0.1) is 0 Å². The molecular formula is C15H16N2O4S. The molecule has 0 aliphatic rings. The summed E-state index contributed by atoms with van der Waals surface area (Å²) in [6.07, 6.45) is -0.142. The number of amides is 2. The van der Waals surface area contributed by atoms with Crippen LogP contribution in [-0.2, 0) is 11.2 Å². The Balaban J connectivity index is 1.68. The summed E-state index contributed by atoms with van der Waals surface area (Å²) >= 11 is 1.29. The van der Waals surface area contributed by atoms with Crippen molar-refractivity contribution in [1.82, 2.24) is 10.9 Å². The van der Waals surface area contributed by atoms with Crippen molar-refractivity contribution in [3.05, 3.63) is 52.2 Å². The number of methoxy groups -OCH3 is 1. The monoisotopic (exact) mass is 320 g/mol. The maximum absolute atomic E-state index is 11.6. The van der Waals surface area contributed by atoms with Crippen molar-refractivity contribution in [2.75, 3.05) is 13.7 Å². The second kappa shape index (κ2) is 8.04. The number of ether oxygens (including phenoxy) is 2. The Bertz CT molecular complexity index is 628. The van der Waals surface area contributed by atoms with Gasteiger partial charge in [0.25, 0.3) is 5.91 Å². The SMILES string of the molecule is COc1cccc(CCOC(=O)NNC(=O)c2cccs2)c1. The molecule has 2 N–H and O–H groups in total. The van der Waals surface area contributed by atoms with Gasteiger partial charge in [-0.05, 0) is 29.1 Å². The number of hydrazine groups is 1. The largest absolute Gasteiger partial charge is 0.497 e. The zero-order valence-corrected chi connectivity index (χ0v) is 12.8. The molecule has 6 nitrogen and oxygen atoms in total. The van der Waals surface area contributed by atoms with Crippen molar-refractivity contribution in [2.24, 2.45) is 0 Å². The van der Waals surface area contributed by atoms with E-state index in [-0.39, 0.29) is 12.5 Å². The van der Waals surface area contributed by atoms with Crippen molar-refractivity contribution >= 4 is 23.3 Å². The first-order chi connectivity index (χ1) is 10.7. The van der Waals surface area contributed by atoms with E-state index in [2.05, 4.69) is 10.9 Å². The number of rotatable bonds is 5. The molecule has 2 amide bonds. The molecule has 2 rings (SSSR count). The van der Waals surface area contributed by atoms with Crippen LogP contribution in [0.1, 0.15) is 15.2 Å². The van der Waals surface area contributed by atoms with Crippen molar-refractivity contribution in [3.8, 4) is 5.75 Å². The molecule has 0 saturated heterocycles. The number of hydrogen-bond donors (Lipinski definition) is 2.